The number of piperazine rings is 1. The highest BCUT2D eigenvalue weighted by Crippen LogP contribution is 2.26. The van der Waals surface area contributed by atoms with Crippen LogP contribution in [0.2, 0.25) is 0 Å². The first-order valence-corrected chi connectivity index (χ1v) is 10.5. The van der Waals surface area contributed by atoms with E-state index >= 15 is 0 Å². The molecule has 1 aromatic carbocycles. The van der Waals surface area contributed by atoms with Crippen LogP contribution in [-0.2, 0) is 4.79 Å². The number of nitriles is 1. The van der Waals surface area contributed by atoms with E-state index in [9.17, 15) is 19.2 Å². The number of nitrogens with zero attached hydrogens (tertiary/aromatic N) is 7. The molecular weight excluding hydrogens is 439 g/mol. The smallest absolute Gasteiger partial charge is 0.295 e. The average Bonchev–Trinajstić information content (AvgIpc) is 3.56. The molecule has 0 aliphatic carbocycles. The van der Waals surface area contributed by atoms with Gasteiger partial charge in [-0.15, -0.1) is 5.10 Å². The molecule has 10 nitrogen and oxygen atoms in total. The third-order valence-corrected chi connectivity index (χ3v) is 5.76. The van der Waals surface area contributed by atoms with Crippen LogP contribution in [0.15, 0.2) is 55.1 Å². The second-order valence-corrected chi connectivity index (χ2v) is 7.66. The van der Waals surface area contributed by atoms with Crippen LogP contribution in [0.3, 0.4) is 0 Å². The zero-order valence-corrected chi connectivity index (χ0v) is 17.8. The highest BCUT2D eigenvalue weighted by Gasteiger charge is 2.32. The third-order valence-electron chi connectivity index (χ3n) is 5.76. The van der Waals surface area contributed by atoms with Crippen LogP contribution in [0.4, 0.5) is 4.39 Å². The Morgan fingerprint density at radius 1 is 1.18 bits per heavy atom. The Morgan fingerprint density at radius 3 is 2.62 bits per heavy atom. The van der Waals surface area contributed by atoms with Gasteiger partial charge in [-0.1, -0.05) is 23.4 Å². The molecule has 0 bridgehead atoms. The van der Waals surface area contributed by atoms with E-state index in [4.69, 9.17) is 0 Å². The number of H-pyrrole nitrogens is 1. The maximum Gasteiger partial charge on any atom is 0.295 e. The second-order valence-electron chi connectivity index (χ2n) is 7.66. The second kappa shape index (κ2) is 8.67. The molecule has 4 heterocycles. The summed E-state index contributed by atoms with van der Waals surface area (Å²) in [6, 6.07) is 11.5. The van der Waals surface area contributed by atoms with Gasteiger partial charge in [-0.25, -0.2) is 18.6 Å². The predicted molar refractivity (Wildman–Crippen MR) is 118 cm³/mol. The van der Waals surface area contributed by atoms with Gasteiger partial charge in [0, 0.05) is 6.20 Å². The molecule has 168 valence electrons. The van der Waals surface area contributed by atoms with Crippen molar-refractivity contribution in [1.29, 1.82) is 5.26 Å². The molecule has 1 N–H and O–H groups in total. The standard InChI is InChI=1S/C23H17FN8O2/c24-17-14-27-22(32-7-6-28-29-32)20-19(17)16(13-26-20)21(33)23(34)31-10-8-30(9-11-31)18(12-25)15-4-2-1-3-5-15/h1-7,13-14H,8-11H2/p+1. The Bertz CT molecular complexity index is 1460. The first-order valence-electron chi connectivity index (χ1n) is 10.5. The number of fused-ring (bicyclic) bond motifs is 1. The highest BCUT2D eigenvalue weighted by atomic mass is 19.1. The number of rotatable bonds is 4. The summed E-state index contributed by atoms with van der Waals surface area (Å²) in [6.45, 7) is 1.33. The maximum absolute atomic E-state index is 14.7. The molecule has 0 unspecified atom stereocenters. The molecule has 1 aliphatic rings. The normalized spacial score (nSPS) is 13.6. The summed E-state index contributed by atoms with van der Waals surface area (Å²) < 4.78 is 17.9. The van der Waals surface area contributed by atoms with Gasteiger partial charge in [-0.05, 0) is 12.1 Å². The molecule has 4 aromatic rings. The lowest BCUT2D eigenvalue weighted by Crippen LogP contribution is -2.48. The zero-order chi connectivity index (χ0) is 23.7. The molecule has 1 aliphatic heterocycles. The van der Waals surface area contributed by atoms with Gasteiger partial charge in [0.25, 0.3) is 17.4 Å². The number of hydrogen-bond donors (Lipinski definition) is 1. The summed E-state index contributed by atoms with van der Waals surface area (Å²) in [5.41, 5.74) is 1.48. The minimum Gasteiger partial charge on any atom is -0.357 e. The van der Waals surface area contributed by atoms with Crippen molar-refractivity contribution in [3.8, 4) is 11.9 Å². The van der Waals surface area contributed by atoms with Crippen LogP contribution >= 0.6 is 0 Å². The summed E-state index contributed by atoms with van der Waals surface area (Å²) in [6.07, 6.45) is 5.27. The van der Waals surface area contributed by atoms with Crippen molar-refractivity contribution < 1.29 is 18.6 Å². The largest absolute Gasteiger partial charge is 0.357 e. The van der Waals surface area contributed by atoms with Gasteiger partial charge in [-0.3, -0.25) is 9.59 Å². The van der Waals surface area contributed by atoms with Crippen LogP contribution < -0.4 is 0 Å². The van der Waals surface area contributed by atoms with Crippen LogP contribution in [-0.4, -0.2) is 78.0 Å². The Labute approximate surface area is 192 Å². The van der Waals surface area contributed by atoms with Crippen molar-refractivity contribution >= 4 is 28.3 Å². The van der Waals surface area contributed by atoms with Crippen LogP contribution in [0.5, 0.6) is 0 Å². The topological polar surface area (TPSA) is 124 Å². The van der Waals surface area contributed by atoms with Crippen molar-refractivity contribution in [1.82, 2.24) is 29.9 Å². The van der Waals surface area contributed by atoms with Gasteiger partial charge in [0.05, 0.1) is 53.7 Å². The first kappa shape index (κ1) is 21.1. The summed E-state index contributed by atoms with van der Waals surface area (Å²) in [5, 5.41) is 17.2. The number of pyridine rings is 1. The van der Waals surface area contributed by atoms with Gasteiger partial charge >= 0.3 is 0 Å². The van der Waals surface area contributed by atoms with Gasteiger partial charge in [0.1, 0.15) is 0 Å². The Hall–Kier alpha value is -4.72. The molecule has 0 spiro atoms. The Kier molecular flexibility index (Phi) is 5.39. The molecule has 34 heavy (non-hydrogen) atoms. The van der Waals surface area contributed by atoms with Crippen molar-refractivity contribution in [2.75, 3.05) is 26.2 Å². The molecule has 0 atom stereocenters. The SMILES string of the molecule is N#CC(c1ccccc1)=[N+]1CCN(C(=O)C(=O)c2c[nH]c3c(-n4ccnn4)ncc(F)c23)CC1. The van der Waals surface area contributed by atoms with E-state index in [0.717, 1.165) is 11.8 Å². The number of benzene rings is 1. The monoisotopic (exact) mass is 457 g/mol. The van der Waals surface area contributed by atoms with Gasteiger partial charge in [0.15, 0.2) is 30.8 Å². The zero-order valence-electron chi connectivity index (χ0n) is 17.8. The van der Waals surface area contributed by atoms with Crippen molar-refractivity contribution in [2.24, 2.45) is 0 Å². The quantitative estimate of drug-likeness (QED) is 0.280. The first-order chi connectivity index (χ1) is 16.6. The summed E-state index contributed by atoms with van der Waals surface area (Å²) in [4.78, 5) is 34.3. The Balaban J connectivity index is 1.39. The number of Topliss-reactive ketones (excluding diaryl/α,β-unsaturated/α-hetero) is 1. The highest BCUT2D eigenvalue weighted by molar-refractivity contribution is 6.45. The van der Waals surface area contributed by atoms with E-state index in [0.29, 0.717) is 18.8 Å². The lowest BCUT2D eigenvalue weighted by atomic mass is 10.1. The number of aromatic nitrogens is 5. The van der Waals surface area contributed by atoms with Crippen LogP contribution in [0, 0.1) is 17.1 Å². The van der Waals surface area contributed by atoms with Crippen LogP contribution in [0.25, 0.3) is 16.7 Å². The number of carbonyl (C=O) groups excluding carboxylic acids is 2. The number of aromatic amines is 1. The lowest BCUT2D eigenvalue weighted by Gasteiger charge is -2.25. The number of nitrogens with one attached hydrogen (secondary N) is 1. The maximum atomic E-state index is 14.7. The summed E-state index contributed by atoms with van der Waals surface area (Å²) >= 11 is 0. The van der Waals surface area contributed by atoms with Gasteiger partial charge in [0.2, 0.25) is 0 Å². The molecule has 1 saturated heterocycles. The number of halogens is 1. The van der Waals surface area contributed by atoms with E-state index < -0.39 is 17.5 Å². The fourth-order valence-electron chi connectivity index (χ4n) is 4.07. The molecule has 5 rings (SSSR count). The van der Waals surface area contributed by atoms with E-state index in [-0.39, 0.29) is 35.4 Å². The van der Waals surface area contributed by atoms with E-state index in [1.807, 2.05) is 34.9 Å². The number of carbonyl (C=O) groups is 2. The molecule has 0 radical (unpaired) electrons. The fraction of sp³-hybridized carbons (Fsp3) is 0.174. The predicted octanol–water partition coefficient (Wildman–Crippen LogP) is 1.33. The molecule has 0 saturated carbocycles. The molecular formula is C23H18FN8O2+. The fourth-order valence-corrected chi connectivity index (χ4v) is 4.07. The van der Waals surface area contributed by atoms with E-state index in [1.54, 1.807) is 0 Å². The van der Waals surface area contributed by atoms with Gasteiger partial charge < -0.3 is 9.88 Å². The van der Waals surface area contributed by atoms with E-state index in [2.05, 4.69) is 26.3 Å². The van der Waals surface area contributed by atoms with Crippen molar-refractivity contribution in [2.45, 2.75) is 0 Å². The molecule has 3 aromatic heterocycles. The van der Waals surface area contributed by atoms with Crippen LogP contribution in [0.1, 0.15) is 15.9 Å². The lowest BCUT2D eigenvalue weighted by molar-refractivity contribution is -0.536. The van der Waals surface area contributed by atoms with Gasteiger partial charge in [-0.2, -0.15) is 5.26 Å². The van der Waals surface area contributed by atoms with Crippen molar-refractivity contribution in [3.63, 3.8) is 0 Å². The number of ketones is 1. The minimum absolute atomic E-state index is 0.0262. The molecule has 1 fully saturated rings. The number of amides is 1. The Morgan fingerprint density at radius 2 is 1.94 bits per heavy atom. The van der Waals surface area contributed by atoms with E-state index in [1.165, 1.54) is 28.2 Å². The summed E-state index contributed by atoms with van der Waals surface area (Å²) in [5.74, 6) is -2.01. The van der Waals surface area contributed by atoms with Crippen molar-refractivity contribution in [3.05, 3.63) is 72.1 Å². The third kappa shape index (κ3) is 3.61. The summed E-state index contributed by atoms with van der Waals surface area (Å²) in [7, 11) is 0. The average molecular weight is 457 g/mol. The molecule has 1 amide bonds. The molecule has 11 heteroatoms. The minimum atomic E-state index is -0.818. The number of hydrogen-bond acceptors (Lipinski definition) is 6.